The van der Waals surface area contributed by atoms with E-state index in [1.54, 1.807) is 0 Å². The number of alkyl halides is 3. The normalized spacial score (nSPS) is 11.8. The van der Waals surface area contributed by atoms with E-state index in [4.69, 9.17) is 4.74 Å². The largest absolute Gasteiger partial charge is 0.573 e. The molecule has 0 bridgehead atoms. The monoisotopic (exact) mass is 474 g/mol. The van der Waals surface area contributed by atoms with Crippen molar-refractivity contribution in [1.29, 1.82) is 0 Å². The molecule has 2 aromatic rings. The molecule has 0 fully saturated rings. The molecule has 32 heavy (non-hydrogen) atoms. The third-order valence-electron chi connectivity index (χ3n) is 4.18. The van der Waals surface area contributed by atoms with Crippen LogP contribution in [0.1, 0.15) is 18.4 Å². The van der Waals surface area contributed by atoms with E-state index in [-0.39, 0.29) is 23.8 Å². The van der Waals surface area contributed by atoms with Crippen molar-refractivity contribution in [3.8, 4) is 5.75 Å². The Bertz CT molecular complexity index is 936. The van der Waals surface area contributed by atoms with Crippen molar-refractivity contribution in [2.75, 3.05) is 26.3 Å². The molecule has 2 aromatic carbocycles. The second-order valence-corrected chi connectivity index (χ2v) is 8.49. The molecule has 0 atom stereocenters. The minimum Gasteiger partial charge on any atom is -0.406 e. The fourth-order valence-electron chi connectivity index (χ4n) is 2.63. The lowest BCUT2D eigenvalue weighted by atomic mass is 10.2. The number of sulfonamides is 1. The Hall–Kier alpha value is -2.63. The van der Waals surface area contributed by atoms with E-state index in [1.807, 2.05) is 30.3 Å². The second-order valence-electron chi connectivity index (χ2n) is 6.72. The molecule has 0 aliphatic carbocycles. The van der Waals surface area contributed by atoms with Gasteiger partial charge in [0.1, 0.15) is 5.75 Å². The molecule has 0 unspecified atom stereocenters. The maximum Gasteiger partial charge on any atom is 0.573 e. The standard InChI is InChI=1S/C21H25F3N2O5S/c22-21(23,24)31-18-7-9-19(10-8-18)32(28,29)26-14-11-20(27)25-13-4-15-30-16-12-17-5-2-1-3-6-17/h1-3,5-10,26H,4,11-16H2,(H,25,27). The Labute approximate surface area is 185 Å². The van der Waals surface area contributed by atoms with E-state index in [9.17, 15) is 26.4 Å². The molecule has 0 heterocycles. The fraction of sp³-hybridized carbons (Fsp3) is 0.381. The molecule has 0 spiro atoms. The molecule has 0 aliphatic heterocycles. The molecule has 1 amide bonds. The first-order valence-electron chi connectivity index (χ1n) is 9.89. The predicted octanol–water partition coefficient (Wildman–Crippen LogP) is 3.02. The van der Waals surface area contributed by atoms with Crippen molar-refractivity contribution in [3.63, 3.8) is 0 Å². The van der Waals surface area contributed by atoms with Crippen molar-refractivity contribution >= 4 is 15.9 Å². The van der Waals surface area contributed by atoms with Gasteiger partial charge >= 0.3 is 6.36 Å². The number of nitrogens with one attached hydrogen (secondary N) is 2. The lowest BCUT2D eigenvalue weighted by molar-refractivity contribution is -0.274. The van der Waals surface area contributed by atoms with Crippen LogP contribution in [-0.4, -0.2) is 47.0 Å². The van der Waals surface area contributed by atoms with E-state index in [1.165, 1.54) is 5.56 Å². The van der Waals surface area contributed by atoms with Gasteiger partial charge in [-0.2, -0.15) is 0 Å². The Morgan fingerprint density at radius 3 is 2.28 bits per heavy atom. The molecule has 0 aromatic heterocycles. The quantitative estimate of drug-likeness (QED) is 0.436. The zero-order valence-corrected chi connectivity index (χ0v) is 18.0. The number of hydrogen-bond acceptors (Lipinski definition) is 5. The number of halogens is 3. The van der Waals surface area contributed by atoms with Crippen LogP contribution in [0.5, 0.6) is 5.75 Å². The van der Waals surface area contributed by atoms with Crippen LogP contribution in [-0.2, 0) is 26.0 Å². The van der Waals surface area contributed by atoms with Crippen LogP contribution in [0.3, 0.4) is 0 Å². The topological polar surface area (TPSA) is 93.7 Å². The molecule has 0 saturated heterocycles. The molecular formula is C21H25F3N2O5S. The summed E-state index contributed by atoms with van der Waals surface area (Å²) in [6, 6.07) is 13.7. The minimum absolute atomic E-state index is 0.0800. The van der Waals surface area contributed by atoms with Crippen molar-refractivity contribution in [2.24, 2.45) is 0 Å². The highest BCUT2D eigenvalue weighted by atomic mass is 32.2. The molecular weight excluding hydrogens is 449 g/mol. The molecule has 2 N–H and O–H groups in total. The third-order valence-corrected chi connectivity index (χ3v) is 5.65. The number of rotatable bonds is 13. The Morgan fingerprint density at radius 1 is 0.938 bits per heavy atom. The van der Waals surface area contributed by atoms with Gasteiger partial charge in [0.15, 0.2) is 0 Å². The van der Waals surface area contributed by atoms with Crippen LogP contribution >= 0.6 is 0 Å². The summed E-state index contributed by atoms with van der Waals surface area (Å²) >= 11 is 0. The van der Waals surface area contributed by atoms with Gasteiger partial charge in [-0.25, -0.2) is 13.1 Å². The van der Waals surface area contributed by atoms with Crippen LogP contribution in [0, 0.1) is 0 Å². The highest BCUT2D eigenvalue weighted by Gasteiger charge is 2.31. The van der Waals surface area contributed by atoms with Gasteiger partial charge < -0.3 is 14.8 Å². The van der Waals surface area contributed by atoms with Gasteiger partial charge in [0.05, 0.1) is 11.5 Å². The summed E-state index contributed by atoms with van der Waals surface area (Å²) in [6.07, 6.45) is -3.51. The minimum atomic E-state index is -4.86. The SMILES string of the molecule is O=C(CCNS(=O)(=O)c1ccc(OC(F)(F)F)cc1)NCCCOCCc1ccccc1. The van der Waals surface area contributed by atoms with Gasteiger partial charge in [-0.05, 0) is 42.7 Å². The van der Waals surface area contributed by atoms with Crippen molar-refractivity contribution < 1.29 is 35.9 Å². The summed E-state index contributed by atoms with van der Waals surface area (Å²) in [5.74, 6) is -0.856. The second kappa shape index (κ2) is 12.4. The summed E-state index contributed by atoms with van der Waals surface area (Å²) in [6.45, 7) is 1.33. The van der Waals surface area contributed by atoms with E-state index in [2.05, 4.69) is 14.8 Å². The summed E-state index contributed by atoms with van der Waals surface area (Å²) < 4.78 is 72.2. The summed E-state index contributed by atoms with van der Waals surface area (Å²) in [5, 5.41) is 2.67. The Balaban J connectivity index is 1.58. The lowest BCUT2D eigenvalue weighted by Gasteiger charge is -2.10. The molecule has 0 radical (unpaired) electrons. The van der Waals surface area contributed by atoms with E-state index in [0.717, 1.165) is 30.7 Å². The molecule has 7 nitrogen and oxygen atoms in total. The van der Waals surface area contributed by atoms with E-state index >= 15 is 0 Å². The predicted molar refractivity (Wildman–Crippen MR) is 112 cm³/mol. The summed E-state index contributed by atoms with van der Waals surface area (Å²) in [7, 11) is -3.96. The zero-order chi connectivity index (χ0) is 23.5. The van der Waals surface area contributed by atoms with Crippen LogP contribution in [0.15, 0.2) is 59.5 Å². The highest BCUT2D eigenvalue weighted by molar-refractivity contribution is 7.89. The van der Waals surface area contributed by atoms with Crippen LogP contribution in [0.25, 0.3) is 0 Å². The number of carbonyl (C=O) groups is 1. The highest BCUT2D eigenvalue weighted by Crippen LogP contribution is 2.23. The van der Waals surface area contributed by atoms with E-state index in [0.29, 0.717) is 26.2 Å². The number of amides is 1. The average molecular weight is 475 g/mol. The van der Waals surface area contributed by atoms with E-state index < -0.39 is 22.1 Å². The fourth-order valence-corrected chi connectivity index (χ4v) is 3.66. The van der Waals surface area contributed by atoms with Crippen molar-refractivity contribution in [2.45, 2.75) is 30.5 Å². The zero-order valence-electron chi connectivity index (χ0n) is 17.2. The summed E-state index contributed by atoms with van der Waals surface area (Å²) in [4.78, 5) is 11.6. The maximum atomic E-state index is 12.2. The summed E-state index contributed by atoms with van der Waals surface area (Å²) in [5.41, 5.74) is 1.19. The van der Waals surface area contributed by atoms with Gasteiger partial charge in [-0.15, -0.1) is 13.2 Å². The first-order chi connectivity index (χ1) is 15.2. The lowest BCUT2D eigenvalue weighted by Crippen LogP contribution is -2.31. The van der Waals surface area contributed by atoms with Crippen LogP contribution < -0.4 is 14.8 Å². The molecule has 0 saturated carbocycles. The smallest absolute Gasteiger partial charge is 0.406 e. The van der Waals surface area contributed by atoms with Gasteiger partial charge in [0.25, 0.3) is 0 Å². The van der Waals surface area contributed by atoms with Crippen molar-refractivity contribution in [1.82, 2.24) is 10.0 Å². The first-order valence-corrected chi connectivity index (χ1v) is 11.4. The third kappa shape index (κ3) is 10.1. The van der Waals surface area contributed by atoms with Gasteiger partial charge in [0, 0.05) is 26.1 Å². The average Bonchev–Trinajstić information content (AvgIpc) is 2.73. The van der Waals surface area contributed by atoms with Crippen LogP contribution in [0.2, 0.25) is 0 Å². The Kier molecular flexibility index (Phi) is 9.95. The molecule has 0 aliphatic rings. The Morgan fingerprint density at radius 2 is 1.62 bits per heavy atom. The van der Waals surface area contributed by atoms with Gasteiger partial charge in [0.2, 0.25) is 15.9 Å². The molecule has 11 heteroatoms. The van der Waals surface area contributed by atoms with Gasteiger partial charge in [-0.1, -0.05) is 30.3 Å². The van der Waals surface area contributed by atoms with Crippen molar-refractivity contribution in [3.05, 3.63) is 60.2 Å². The molecule has 176 valence electrons. The van der Waals surface area contributed by atoms with Gasteiger partial charge in [-0.3, -0.25) is 4.79 Å². The number of hydrogen-bond donors (Lipinski definition) is 2. The molecule has 2 rings (SSSR count). The van der Waals surface area contributed by atoms with Crippen LogP contribution in [0.4, 0.5) is 13.2 Å². The number of ether oxygens (including phenoxy) is 2. The number of benzene rings is 2. The maximum absolute atomic E-state index is 12.2. The first kappa shape index (κ1) is 25.6. The number of carbonyl (C=O) groups excluding carboxylic acids is 1.